The molecule has 1 aliphatic heterocycles. The molecular formula is C41H56N4O2. The van der Waals surface area contributed by atoms with Crippen LogP contribution in [0.3, 0.4) is 0 Å². The lowest BCUT2D eigenvalue weighted by Gasteiger charge is -2.63. The number of hydrogen-bond donors (Lipinski definition) is 2. The maximum absolute atomic E-state index is 14.8. The van der Waals surface area contributed by atoms with Crippen molar-refractivity contribution in [2.75, 3.05) is 6.54 Å². The SMILES string of the molecule is C=CC.CC1C(O)CCC2(C)C1CCC1C3CCC4(C(=O)N5CCCC5c5ncc(-c6ccc(C#N)cc6)[nH]5)CCCC4C3CCC12. The number of nitriles is 1. The number of fused-ring (bicyclic) bond motifs is 7. The fourth-order valence-corrected chi connectivity index (χ4v) is 12.6. The van der Waals surface area contributed by atoms with Crippen LogP contribution in [0.4, 0.5) is 0 Å². The molecule has 5 aliphatic carbocycles. The number of benzene rings is 1. The molecule has 2 N–H and O–H groups in total. The van der Waals surface area contributed by atoms with Crippen molar-refractivity contribution in [2.45, 2.75) is 116 Å². The van der Waals surface area contributed by atoms with E-state index in [0.29, 0.717) is 40.6 Å². The zero-order valence-corrected chi connectivity index (χ0v) is 29.0. The van der Waals surface area contributed by atoms with E-state index in [0.717, 1.165) is 73.5 Å². The summed E-state index contributed by atoms with van der Waals surface area (Å²) < 4.78 is 0. The van der Waals surface area contributed by atoms with E-state index < -0.39 is 0 Å². The Morgan fingerprint density at radius 2 is 1.70 bits per heavy atom. The topological polar surface area (TPSA) is 93.0 Å². The molecule has 6 nitrogen and oxygen atoms in total. The molecule has 2 aromatic rings. The van der Waals surface area contributed by atoms with Crippen molar-refractivity contribution in [1.82, 2.24) is 14.9 Å². The first-order valence-electron chi connectivity index (χ1n) is 18.9. The molecule has 1 aromatic carbocycles. The molecule has 47 heavy (non-hydrogen) atoms. The highest BCUT2D eigenvalue weighted by Crippen LogP contribution is 2.68. The molecule has 2 heterocycles. The van der Waals surface area contributed by atoms with E-state index in [1.54, 1.807) is 6.08 Å². The summed E-state index contributed by atoms with van der Waals surface area (Å²) in [5.41, 5.74) is 2.82. The summed E-state index contributed by atoms with van der Waals surface area (Å²) in [6, 6.07) is 9.84. The molecule has 0 spiro atoms. The van der Waals surface area contributed by atoms with Gasteiger partial charge in [0, 0.05) is 6.54 Å². The van der Waals surface area contributed by atoms with Gasteiger partial charge >= 0.3 is 0 Å². The predicted molar refractivity (Wildman–Crippen MR) is 186 cm³/mol. The minimum Gasteiger partial charge on any atom is -0.393 e. The van der Waals surface area contributed by atoms with Crippen LogP contribution in [-0.4, -0.2) is 38.5 Å². The normalized spacial score (nSPS) is 40.5. The van der Waals surface area contributed by atoms with E-state index in [1.165, 1.54) is 51.4 Å². The van der Waals surface area contributed by atoms with Crippen molar-refractivity contribution in [2.24, 2.45) is 52.3 Å². The van der Waals surface area contributed by atoms with Gasteiger partial charge < -0.3 is 15.0 Å². The highest BCUT2D eigenvalue weighted by molar-refractivity contribution is 5.84. The van der Waals surface area contributed by atoms with Crippen LogP contribution in [0.5, 0.6) is 0 Å². The molecule has 11 unspecified atom stereocenters. The van der Waals surface area contributed by atoms with E-state index in [-0.39, 0.29) is 17.6 Å². The number of nitrogens with one attached hydrogen (secondary N) is 1. The number of rotatable bonds is 3. The van der Waals surface area contributed by atoms with E-state index in [1.807, 2.05) is 37.4 Å². The minimum atomic E-state index is -0.177. The summed E-state index contributed by atoms with van der Waals surface area (Å²) in [5, 5.41) is 19.9. The molecule has 8 rings (SSSR count). The Morgan fingerprint density at radius 1 is 0.979 bits per heavy atom. The summed E-state index contributed by atoms with van der Waals surface area (Å²) in [5.74, 6) is 6.09. The third kappa shape index (κ3) is 5.31. The molecule has 11 atom stereocenters. The quantitative estimate of drug-likeness (QED) is 0.329. The van der Waals surface area contributed by atoms with Gasteiger partial charge in [-0.2, -0.15) is 5.26 Å². The van der Waals surface area contributed by atoms with Crippen LogP contribution in [0.1, 0.15) is 122 Å². The van der Waals surface area contributed by atoms with Gasteiger partial charge in [0.25, 0.3) is 0 Å². The van der Waals surface area contributed by atoms with Gasteiger partial charge in [0.1, 0.15) is 5.82 Å². The van der Waals surface area contributed by atoms with Crippen molar-refractivity contribution < 1.29 is 9.90 Å². The molecule has 0 bridgehead atoms. The molecule has 6 fully saturated rings. The summed E-state index contributed by atoms with van der Waals surface area (Å²) in [7, 11) is 0. The molecule has 1 amide bonds. The first-order chi connectivity index (χ1) is 22.8. The van der Waals surface area contributed by atoms with Crippen LogP contribution < -0.4 is 0 Å². The first kappa shape index (κ1) is 32.6. The largest absolute Gasteiger partial charge is 0.393 e. The van der Waals surface area contributed by atoms with Crippen LogP contribution in [-0.2, 0) is 4.79 Å². The van der Waals surface area contributed by atoms with Gasteiger partial charge in [-0.3, -0.25) is 4.79 Å². The fraction of sp³-hybridized carbons (Fsp3) is 0.683. The van der Waals surface area contributed by atoms with Crippen molar-refractivity contribution in [3.63, 3.8) is 0 Å². The van der Waals surface area contributed by atoms with Crippen LogP contribution in [0.25, 0.3) is 11.3 Å². The molecule has 0 radical (unpaired) electrons. The maximum atomic E-state index is 14.8. The zero-order valence-electron chi connectivity index (χ0n) is 29.0. The van der Waals surface area contributed by atoms with Crippen molar-refractivity contribution in [3.05, 3.63) is 54.5 Å². The van der Waals surface area contributed by atoms with Gasteiger partial charge in [-0.25, -0.2) is 4.98 Å². The Bertz CT molecular complexity index is 1490. The van der Waals surface area contributed by atoms with Gasteiger partial charge in [0.2, 0.25) is 5.91 Å². The third-order valence-electron chi connectivity index (χ3n) is 14.6. The maximum Gasteiger partial charge on any atom is 0.229 e. The summed E-state index contributed by atoms with van der Waals surface area (Å²) in [6.07, 6.45) is 18.8. The first-order valence-corrected chi connectivity index (χ1v) is 18.9. The van der Waals surface area contributed by atoms with E-state index in [4.69, 9.17) is 10.2 Å². The van der Waals surface area contributed by atoms with Gasteiger partial charge in [-0.1, -0.05) is 38.5 Å². The van der Waals surface area contributed by atoms with Crippen LogP contribution in [0.2, 0.25) is 0 Å². The van der Waals surface area contributed by atoms with Gasteiger partial charge in [0.05, 0.1) is 41.1 Å². The second-order valence-electron chi connectivity index (χ2n) is 16.5. The van der Waals surface area contributed by atoms with E-state index >= 15 is 0 Å². The number of allylic oxidation sites excluding steroid dienone is 1. The third-order valence-corrected chi connectivity index (χ3v) is 14.6. The predicted octanol–water partition coefficient (Wildman–Crippen LogP) is 8.85. The molecular weight excluding hydrogens is 580 g/mol. The number of nitrogens with zero attached hydrogens (tertiary/aromatic N) is 3. The summed E-state index contributed by atoms with van der Waals surface area (Å²) >= 11 is 0. The van der Waals surface area contributed by atoms with Gasteiger partial charge in [-0.05, 0) is 149 Å². The molecule has 1 saturated heterocycles. The minimum absolute atomic E-state index is 0.0255. The Hall–Kier alpha value is -2.91. The number of amides is 1. The number of aromatic nitrogens is 2. The monoisotopic (exact) mass is 636 g/mol. The number of H-pyrrole nitrogens is 1. The Kier molecular flexibility index (Phi) is 8.92. The van der Waals surface area contributed by atoms with E-state index in [2.05, 4.69) is 36.4 Å². The number of hydrogen-bond acceptors (Lipinski definition) is 4. The number of imidazole rings is 1. The number of carbonyl (C=O) groups excluding carboxylic acids is 1. The van der Waals surface area contributed by atoms with Crippen molar-refractivity contribution in [1.29, 1.82) is 5.26 Å². The van der Waals surface area contributed by atoms with Crippen LogP contribution >= 0.6 is 0 Å². The molecule has 1 aromatic heterocycles. The average Bonchev–Trinajstić information content (AvgIpc) is 3.87. The smallest absolute Gasteiger partial charge is 0.229 e. The number of likely N-dealkylation sites (tertiary alicyclic amines) is 1. The zero-order chi connectivity index (χ0) is 32.9. The lowest BCUT2D eigenvalue weighted by molar-refractivity contribution is -0.168. The Morgan fingerprint density at radius 3 is 2.45 bits per heavy atom. The van der Waals surface area contributed by atoms with Gasteiger partial charge in [0.15, 0.2) is 0 Å². The number of aromatic amines is 1. The molecule has 6 heteroatoms. The highest BCUT2D eigenvalue weighted by atomic mass is 16.3. The lowest BCUT2D eigenvalue weighted by atomic mass is 9.42. The number of aliphatic hydroxyl groups excluding tert-OH is 1. The summed E-state index contributed by atoms with van der Waals surface area (Å²) in [4.78, 5) is 25.4. The Labute approximate surface area is 282 Å². The van der Waals surface area contributed by atoms with Crippen LogP contribution in [0, 0.1) is 63.6 Å². The molecule has 5 saturated carbocycles. The Balaban J connectivity index is 0.00000113. The van der Waals surface area contributed by atoms with Crippen molar-refractivity contribution >= 4 is 5.91 Å². The van der Waals surface area contributed by atoms with Gasteiger partial charge in [-0.15, -0.1) is 6.58 Å². The second kappa shape index (κ2) is 12.8. The average molecular weight is 637 g/mol. The summed E-state index contributed by atoms with van der Waals surface area (Å²) in [6.45, 7) is 11.0. The lowest BCUT2D eigenvalue weighted by Crippen LogP contribution is -2.58. The second-order valence-corrected chi connectivity index (χ2v) is 16.5. The highest BCUT2D eigenvalue weighted by Gasteiger charge is 2.63. The van der Waals surface area contributed by atoms with Crippen LogP contribution in [0.15, 0.2) is 43.1 Å². The van der Waals surface area contributed by atoms with E-state index in [9.17, 15) is 9.90 Å². The van der Waals surface area contributed by atoms with Crippen molar-refractivity contribution in [3.8, 4) is 17.3 Å². The standard InChI is InChI=1S/C38H50N4O2.C3H6/c1-23-29-13-11-27-26-15-19-38(17-3-5-31(38)28(26)12-14-30(27)37(29,2)18-16-34(23)43)36(44)42-20-4-6-33(42)35-40-22-32(41-35)25-9-7-24(21-39)8-10-25;1-3-2/h7-10,22-23,26-31,33-34,43H,3-6,11-20H2,1-2H3,(H,40,41);3H,1H2,2H3. The fourth-order valence-electron chi connectivity index (χ4n) is 12.6. The molecule has 252 valence electrons. The molecule has 6 aliphatic rings. The number of aliphatic hydroxyl groups is 1. The number of carbonyl (C=O) groups is 1.